The van der Waals surface area contributed by atoms with Crippen molar-refractivity contribution in [3.8, 4) is 0 Å². The van der Waals surface area contributed by atoms with Crippen LogP contribution in [0.25, 0.3) is 0 Å². The van der Waals surface area contributed by atoms with Crippen LogP contribution in [0.15, 0.2) is 0 Å². The zero-order chi connectivity index (χ0) is 17.6. The van der Waals surface area contributed by atoms with Gasteiger partial charge in [0.25, 0.3) is 0 Å². The summed E-state index contributed by atoms with van der Waals surface area (Å²) in [7, 11) is 0. The van der Waals surface area contributed by atoms with Crippen molar-refractivity contribution in [3.63, 3.8) is 0 Å². The Morgan fingerprint density at radius 3 is 2.57 bits per heavy atom. The molecular weight excluding hydrogens is 320 g/mol. The number of carboxylic acid groups (broad SMARTS) is 1. The number of ether oxygens (including phenoxy) is 1. The van der Waals surface area contributed by atoms with Gasteiger partial charge in [-0.1, -0.05) is 0 Å². The minimum Gasteiger partial charge on any atom is -0.480 e. The van der Waals surface area contributed by atoms with Gasteiger partial charge in [-0.15, -0.1) is 0 Å². The van der Waals surface area contributed by atoms with Crippen LogP contribution in [-0.2, 0) is 14.3 Å². The molecule has 1 aliphatic heterocycles. The molecule has 1 rings (SSSR count). The van der Waals surface area contributed by atoms with Crippen molar-refractivity contribution in [2.24, 2.45) is 0 Å². The van der Waals surface area contributed by atoms with Crippen LogP contribution in [0.2, 0.25) is 0 Å². The molecule has 0 aromatic carbocycles. The van der Waals surface area contributed by atoms with E-state index in [1.54, 1.807) is 32.5 Å². The van der Waals surface area contributed by atoms with Crippen LogP contribution in [0.1, 0.15) is 40.0 Å². The van der Waals surface area contributed by atoms with Crippen LogP contribution in [0.4, 0.5) is 4.79 Å². The molecule has 0 saturated carbocycles. The predicted molar refractivity (Wildman–Crippen MR) is 88.5 cm³/mol. The zero-order valence-electron chi connectivity index (χ0n) is 14.1. The SMILES string of the molecule is CSCC[C@H](NC(=O)OC(C)(C)C)C(=O)N1CCC[C@@H]1C(=O)O. The van der Waals surface area contributed by atoms with Crippen molar-refractivity contribution in [3.05, 3.63) is 0 Å². The summed E-state index contributed by atoms with van der Waals surface area (Å²) in [5, 5.41) is 11.8. The summed E-state index contributed by atoms with van der Waals surface area (Å²) < 4.78 is 5.19. The van der Waals surface area contributed by atoms with Gasteiger partial charge in [-0.25, -0.2) is 9.59 Å². The van der Waals surface area contributed by atoms with E-state index in [2.05, 4.69) is 5.32 Å². The molecule has 0 aromatic rings. The fraction of sp³-hybridized carbons (Fsp3) is 0.800. The number of aliphatic carboxylic acids is 1. The highest BCUT2D eigenvalue weighted by molar-refractivity contribution is 7.98. The van der Waals surface area contributed by atoms with Crippen LogP contribution < -0.4 is 5.32 Å². The first-order chi connectivity index (χ1) is 10.7. The number of likely N-dealkylation sites (tertiary alicyclic amines) is 1. The summed E-state index contributed by atoms with van der Waals surface area (Å²) in [6.07, 6.45) is 2.78. The van der Waals surface area contributed by atoms with Crippen molar-refractivity contribution < 1.29 is 24.2 Å². The second kappa shape index (κ2) is 8.42. The maximum atomic E-state index is 12.7. The molecule has 0 aliphatic carbocycles. The fourth-order valence-electron chi connectivity index (χ4n) is 2.43. The Hall–Kier alpha value is -1.44. The molecule has 1 fully saturated rings. The smallest absolute Gasteiger partial charge is 0.408 e. The minimum atomic E-state index is -1.00. The van der Waals surface area contributed by atoms with Crippen LogP contribution in [0.5, 0.6) is 0 Å². The zero-order valence-corrected chi connectivity index (χ0v) is 14.9. The highest BCUT2D eigenvalue weighted by Crippen LogP contribution is 2.20. The lowest BCUT2D eigenvalue weighted by Gasteiger charge is -2.28. The third-order valence-corrected chi connectivity index (χ3v) is 4.06. The number of carbonyl (C=O) groups excluding carboxylic acids is 2. The average molecular weight is 346 g/mol. The molecule has 8 heteroatoms. The molecule has 0 radical (unpaired) electrons. The summed E-state index contributed by atoms with van der Waals surface area (Å²) in [5.41, 5.74) is -0.658. The molecule has 0 aromatic heterocycles. The first kappa shape index (κ1) is 19.6. The molecule has 1 saturated heterocycles. The van der Waals surface area contributed by atoms with Gasteiger partial charge in [0, 0.05) is 6.54 Å². The second-order valence-electron chi connectivity index (χ2n) is 6.51. The molecule has 1 aliphatic rings. The normalized spacial score (nSPS) is 19.3. The maximum Gasteiger partial charge on any atom is 0.408 e. The van der Waals surface area contributed by atoms with Crippen molar-refractivity contribution in [2.45, 2.75) is 57.7 Å². The third kappa shape index (κ3) is 6.29. The van der Waals surface area contributed by atoms with Gasteiger partial charge >= 0.3 is 12.1 Å². The molecule has 132 valence electrons. The van der Waals surface area contributed by atoms with Gasteiger partial charge < -0.3 is 20.1 Å². The summed E-state index contributed by atoms with van der Waals surface area (Å²) in [6.45, 7) is 5.63. The van der Waals surface area contributed by atoms with E-state index in [1.165, 1.54) is 4.90 Å². The van der Waals surface area contributed by atoms with E-state index in [4.69, 9.17) is 4.74 Å². The summed E-state index contributed by atoms with van der Waals surface area (Å²) in [4.78, 5) is 37.2. The number of rotatable bonds is 6. The number of thioether (sulfide) groups is 1. The van der Waals surface area contributed by atoms with Crippen LogP contribution in [0.3, 0.4) is 0 Å². The number of amides is 2. The molecule has 1 heterocycles. The summed E-state index contributed by atoms with van der Waals surface area (Å²) in [5.74, 6) is -0.677. The minimum absolute atomic E-state index is 0.352. The molecule has 0 bridgehead atoms. The molecule has 7 nitrogen and oxygen atoms in total. The molecule has 0 unspecified atom stereocenters. The van der Waals surface area contributed by atoms with Gasteiger partial charge in [-0.05, 0) is 52.0 Å². The van der Waals surface area contributed by atoms with Gasteiger partial charge in [-0.2, -0.15) is 11.8 Å². The number of carbonyl (C=O) groups is 3. The number of hydrogen-bond acceptors (Lipinski definition) is 5. The molecule has 2 N–H and O–H groups in total. The van der Waals surface area contributed by atoms with E-state index in [0.717, 1.165) is 0 Å². The predicted octanol–water partition coefficient (Wildman–Crippen LogP) is 1.71. The van der Waals surface area contributed by atoms with Crippen molar-refractivity contribution in [2.75, 3.05) is 18.6 Å². The van der Waals surface area contributed by atoms with Crippen molar-refractivity contribution in [1.82, 2.24) is 10.2 Å². The Bertz CT molecular complexity index is 450. The highest BCUT2D eigenvalue weighted by Gasteiger charge is 2.37. The van der Waals surface area contributed by atoms with E-state index in [9.17, 15) is 19.5 Å². The maximum absolute atomic E-state index is 12.7. The Labute approximate surface area is 141 Å². The molecule has 2 amide bonds. The molecule has 0 spiro atoms. The van der Waals surface area contributed by atoms with E-state index in [0.29, 0.717) is 31.6 Å². The first-order valence-corrected chi connectivity index (χ1v) is 9.07. The van der Waals surface area contributed by atoms with Crippen molar-refractivity contribution >= 4 is 29.7 Å². The molecular formula is C15H26N2O5S. The number of nitrogens with zero attached hydrogens (tertiary/aromatic N) is 1. The lowest BCUT2D eigenvalue weighted by atomic mass is 10.1. The fourth-order valence-corrected chi connectivity index (χ4v) is 2.90. The van der Waals surface area contributed by atoms with Gasteiger partial charge in [0.1, 0.15) is 17.7 Å². The van der Waals surface area contributed by atoms with Gasteiger partial charge in [0.15, 0.2) is 0 Å². The van der Waals surface area contributed by atoms with E-state index in [1.807, 2.05) is 6.26 Å². The molecule has 2 atom stereocenters. The summed E-state index contributed by atoms with van der Waals surface area (Å²) in [6, 6.07) is -1.57. The van der Waals surface area contributed by atoms with Crippen LogP contribution in [0, 0.1) is 0 Å². The standard InChI is InChI=1S/C15H26N2O5S/c1-15(2,3)22-14(21)16-10(7-9-23-4)12(18)17-8-5-6-11(17)13(19)20/h10-11H,5-9H2,1-4H3,(H,16,21)(H,19,20)/t10-,11+/m0/s1. The third-order valence-electron chi connectivity index (χ3n) is 3.42. The number of hydrogen-bond donors (Lipinski definition) is 2. The number of carboxylic acids is 1. The van der Waals surface area contributed by atoms with E-state index < -0.39 is 29.7 Å². The van der Waals surface area contributed by atoms with E-state index >= 15 is 0 Å². The largest absolute Gasteiger partial charge is 0.480 e. The van der Waals surface area contributed by atoms with Gasteiger partial charge in [0.2, 0.25) is 5.91 Å². The Kier molecular flexibility index (Phi) is 7.18. The van der Waals surface area contributed by atoms with E-state index in [-0.39, 0.29) is 5.91 Å². The first-order valence-electron chi connectivity index (χ1n) is 7.67. The molecule has 23 heavy (non-hydrogen) atoms. The number of nitrogens with one attached hydrogen (secondary N) is 1. The highest BCUT2D eigenvalue weighted by atomic mass is 32.2. The monoisotopic (exact) mass is 346 g/mol. The summed E-state index contributed by atoms with van der Waals surface area (Å²) >= 11 is 1.56. The lowest BCUT2D eigenvalue weighted by Crippen LogP contribution is -2.52. The quantitative estimate of drug-likeness (QED) is 0.760. The van der Waals surface area contributed by atoms with Crippen molar-refractivity contribution in [1.29, 1.82) is 0 Å². The van der Waals surface area contributed by atoms with Gasteiger partial charge in [-0.3, -0.25) is 4.79 Å². The van der Waals surface area contributed by atoms with Crippen LogP contribution in [-0.4, -0.2) is 64.2 Å². The Balaban J connectivity index is 2.78. The van der Waals surface area contributed by atoms with Crippen LogP contribution >= 0.6 is 11.8 Å². The lowest BCUT2D eigenvalue weighted by molar-refractivity contribution is -0.149. The second-order valence-corrected chi connectivity index (χ2v) is 7.49. The Morgan fingerprint density at radius 2 is 2.04 bits per heavy atom. The average Bonchev–Trinajstić information content (AvgIpc) is 2.90. The number of alkyl carbamates (subject to hydrolysis) is 1. The Morgan fingerprint density at radius 1 is 1.39 bits per heavy atom. The van der Waals surface area contributed by atoms with Gasteiger partial charge in [0.05, 0.1) is 0 Å². The topological polar surface area (TPSA) is 95.9 Å².